The number of amides is 2. The van der Waals surface area contributed by atoms with Gasteiger partial charge in [-0.3, -0.25) is 0 Å². The summed E-state index contributed by atoms with van der Waals surface area (Å²) in [6.45, 7) is 1.16. The molecule has 2 rings (SSSR count). The van der Waals surface area contributed by atoms with E-state index >= 15 is 0 Å². The zero-order chi connectivity index (χ0) is 13.5. The van der Waals surface area contributed by atoms with Gasteiger partial charge in [-0.15, -0.1) is 0 Å². The maximum absolute atomic E-state index is 11.8. The molecule has 2 atom stereocenters. The Morgan fingerprint density at radius 3 is 2.84 bits per heavy atom. The van der Waals surface area contributed by atoms with E-state index in [0.29, 0.717) is 6.54 Å². The molecule has 19 heavy (non-hydrogen) atoms. The second-order valence-electron chi connectivity index (χ2n) is 4.64. The first-order valence-corrected chi connectivity index (χ1v) is 6.61. The van der Waals surface area contributed by atoms with Gasteiger partial charge in [0.2, 0.25) is 0 Å². The number of aliphatic hydroxyl groups excluding tert-OH is 1. The molecule has 0 bridgehead atoms. The number of carbonyl (C=O) groups is 1. The smallest absolute Gasteiger partial charge is 0.315 e. The molecule has 1 aliphatic rings. The van der Waals surface area contributed by atoms with Crippen molar-refractivity contribution in [1.82, 2.24) is 10.6 Å². The van der Waals surface area contributed by atoms with Crippen LogP contribution in [0.3, 0.4) is 0 Å². The normalized spacial score (nSPS) is 19.9. The number of ether oxygens (including phenoxy) is 1. The number of carbonyl (C=O) groups excluding carboxylic acids is 1. The molecule has 0 aromatic heterocycles. The van der Waals surface area contributed by atoms with Gasteiger partial charge in [0, 0.05) is 13.2 Å². The number of aliphatic hydroxyl groups is 1. The average Bonchev–Trinajstić information content (AvgIpc) is 2.97. The fourth-order valence-corrected chi connectivity index (χ4v) is 2.14. The van der Waals surface area contributed by atoms with Gasteiger partial charge in [0.1, 0.15) is 0 Å². The molecule has 0 saturated carbocycles. The van der Waals surface area contributed by atoms with Gasteiger partial charge >= 0.3 is 6.03 Å². The van der Waals surface area contributed by atoms with Crippen LogP contribution in [-0.2, 0) is 4.74 Å². The Kier molecular flexibility index (Phi) is 5.18. The summed E-state index contributed by atoms with van der Waals surface area (Å²) < 4.78 is 5.43. The minimum atomic E-state index is -0.384. The first kappa shape index (κ1) is 13.8. The fourth-order valence-electron chi connectivity index (χ4n) is 2.14. The number of hydrogen-bond acceptors (Lipinski definition) is 3. The molecule has 104 valence electrons. The second-order valence-corrected chi connectivity index (χ2v) is 4.64. The largest absolute Gasteiger partial charge is 0.394 e. The van der Waals surface area contributed by atoms with E-state index < -0.39 is 0 Å². The Morgan fingerprint density at radius 2 is 2.21 bits per heavy atom. The van der Waals surface area contributed by atoms with E-state index in [9.17, 15) is 9.90 Å². The van der Waals surface area contributed by atoms with Crippen molar-refractivity contribution in [3.05, 3.63) is 35.9 Å². The molecule has 0 radical (unpaired) electrons. The van der Waals surface area contributed by atoms with Crippen molar-refractivity contribution >= 4 is 6.03 Å². The summed E-state index contributed by atoms with van der Waals surface area (Å²) in [7, 11) is 0. The van der Waals surface area contributed by atoms with Crippen molar-refractivity contribution in [3.63, 3.8) is 0 Å². The van der Waals surface area contributed by atoms with Gasteiger partial charge in [-0.05, 0) is 18.4 Å². The lowest BCUT2D eigenvalue weighted by Gasteiger charge is -2.18. The molecule has 0 spiro atoms. The SMILES string of the molecule is O=C(NCC1CCCO1)NC(CO)c1ccccc1. The predicted octanol–water partition coefficient (Wildman–Crippen LogP) is 1.20. The van der Waals surface area contributed by atoms with Crippen molar-refractivity contribution in [3.8, 4) is 0 Å². The third kappa shape index (κ3) is 4.22. The topological polar surface area (TPSA) is 70.6 Å². The molecule has 1 heterocycles. The predicted molar refractivity (Wildman–Crippen MR) is 71.8 cm³/mol. The van der Waals surface area contributed by atoms with Gasteiger partial charge in [-0.2, -0.15) is 0 Å². The van der Waals surface area contributed by atoms with Crippen LogP contribution in [0.25, 0.3) is 0 Å². The van der Waals surface area contributed by atoms with Crippen molar-refractivity contribution in [1.29, 1.82) is 0 Å². The van der Waals surface area contributed by atoms with Crippen molar-refractivity contribution in [2.24, 2.45) is 0 Å². The Labute approximate surface area is 113 Å². The van der Waals surface area contributed by atoms with E-state index in [1.165, 1.54) is 0 Å². The highest BCUT2D eigenvalue weighted by molar-refractivity contribution is 5.74. The Balaban J connectivity index is 1.79. The highest BCUT2D eigenvalue weighted by atomic mass is 16.5. The van der Waals surface area contributed by atoms with Crippen molar-refractivity contribution < 1.29 is 14.6 Å². The lowest BCUT2D eigenvalue weighted by Crippen LogP contribution is -2.42. The van der Waals surface area contributed by atoms with Crippen LogP contribution in [-0.4, -0.2) is 37.0 Å². The standard InChI is InChI=1S/C14H20N2O3/c17-10-13(11-5-2-1-3-6-11)16-14(18)15-9-12-7-4-8-19-12/h1-3,5-6,12-13,17H,4,7-10H2,(H2,15,16,18). The maximum atomic E-state index is 11.8. The zero-order valence-corrected chi connectivity index (χ0v) is 10.8. The minimum Gasteiger partial charge on any atom is -0.394 e. The molecule has 5 nitrogen and oxygen atoms in total. The first-order valence-electron chi connectivity index (χ1n) is 6.61. The quantitative estimate of drug-likeness (QED) is 0.748. The maximum Gasteiger partial charge on any atom is 0.315 e. The van der Waals surface area contributed by atoms with Crippen LogP contribution < -0.4 is 10.6 Å². The summed E-state index contributed by atoms with van der Waals surface area (Å²) >= 11 is 0. The van der Waals surface area contributed by atoms with Crippen LogP contribution in [0.15, 0.2) is 30.3 Å². The van der Waals surface area contributed by atoms with E-state index in [2.05, 4.69) is 10.6 Å². The number of rotatable bonds is 5. The highest BCUT2D eigenvalue weighted by Crippen LogP contribution is 2.12. The third-order valence-corrected chi connectivity index (χ3v) is 3.20. The molecular weight excluding hydrogens is 244 g/mol. The molecule has 1 saturated heterocycles. The van der Waals surface area contributed by atoms with Crippen LogP contribution in [0.5, 0.6) is 0 Å². The van der Waals surface area contributed by atoms with Crippen LogP contribution in [0.2, 0.25) is 0 Å². The fraction of sp³-hybridized carbons (Fsp3) is 0.500. The summed E-state index contributed by atoms with van der Waals surface area (Å²) in [5, 5.41) is 14.9. The number of benzene rings is 1. The molecular formula is C14H20N2O3. The Bertz CT molecular complexity index is 391. The van der Waals surface area contributed by atoms with E-state index in [0.717, 1.165) is 25.0 Å². The first-order chi connectivity index (χ1) is 9.29. The van der Waals surface area contributed by atoms with E-state index in [-0.39, 0.29) is 24.8 Å². The van der Waals surface area contributed by atoms with Gasteiger partial charge < -0.3 is 20.5 Å². The molecule has 1 fully saturated rings. The van der Waals surface area contributed by atoms with Gasteiger partial charge in [0.15, 0.2) is 0 Å². The summed E-state index contributed by atoms with van der Waals surface area (Å²) in [4.78, 5) is 11.8. The Hall–Kier alpha value is -1.59. The number of nitrogens with one attached hydrogen (secondary N) is 2. The zero-order valence-electron chi connectivity index (χ0n) is 10.8. The third-order valence-electron chi connectivity index (χ3n) is 3.20. The molecule has 2 amide bonds. The van der Waals surface area contributed by atoms with Crippen LogP contribution in [0.4, 0.5) is 4.79 Å². The summed E-state index contributed by atoms with van der Waals surface area (Å²) in [6.07, 6.45) is 2.16. The number of hydrogen-bond donors (Lipinski definition) is 3. The van der Waals surface area contributed by atoms with E-state index in [1.54, 1.807) is 0 Å². The van der Waals surface area contributed by atoms with E-state index in [4.69, 9.17) is 4.74 Å². The van der Waals surface area contributed by atoms with Crippen LogP contribution in [0.1, 0.15) is 24.4 Å². The lowest BCUT2D eigenvalue weighted by molar-refractivity contribution is 0.111. The molecule has 1 aliphatic heterocycles. The number of urea groups is 1. The van der Waals surface area contributed by atoms with Crippen molar-refractivity contribution in [2.45, 2.75) is 25.0 Å². The van der Waals surface area contributed by atoms with Gasteiger partial charge in [0.25, 0.3) is 0 Å². The molecule has 5 heteroatoms. The second kappa shape index (κ2) is 7.11. The van der Waals surface area contributed by atoms with Gasteiger partial charge in [0.05, 0.1) is 18.8 Å². The Morgan fingerprint density at radius 1 is 1.42 bits per heavy atom. The highest BCUT2D eigenvalue weighted by Gasteiger charge is 2.17. The molecule has 2 unspecified atom stereocenters. The van der Waals surface area contributed by atoms with E-state index in [1.807, 2.05) is 30.3 Å². The molecule has 1 aromatic carbocycles. The summed E-state index contributed by atoms with van der Waals surface area (Å²) in [5.74, 6) is 0. The monoisotopic (exact) mass is 264 g/mol. The molecule has 1 aromatic rings. The molecule has 3 N–H and O–H groups in total. The summed E-state index contributed by atoms with van der Waals surface area (Å²) in [5.41, 5.74) is 0.886. The van der Waals surface area contributed by atoms with Gasteiger partial charge in [-0.1, -0.05) is 30.3 Å². The average molecular weight is 264 g/mol. The van der Waals surface area contributed by atoms with Crippen LogP contribution in [0, 0.1) is 0 Å². The molecule has 0 aliphatic carbocycles. The van der Waals surface area contributed by atoms with Gasteiger partial charge in [-0.25, -0.2) is 4.79 Å². The lowest BCUT2D eigenvalue weighted by atomic mass is 10.1. The van der Waals surface area contributed by atoms with Crippen LogP contribution >= 0.6 is 0 Å². The summed E-state index contributed by atoms with van der Waals surface area (Å²) in [6, 6.07) is 8.75. The minimum absolute atomic E-state index is 0.120. The van der Waals surface area contributed by atoms with Crippen molar-refractivity contribution in [2.75, 3.05) is 19.8 Å².